The molecule has 19 heavy (non-hydrogen) atoms. The monoisotopic (exact) mass is 266 g/mol. The number of carbonyl (C=O) groups excluding carboxylic acids is 1. The average molecular weight is 266 g/mol. The SMILES string of the molecule is CC(C)CC(CN)C(=O)NCCc1ccccc1F. The number of rotatable bonds is 7. The Bertz CT molecular complexity index is 407. The Morgan fingerprint density at radius 3 is 2.63 bits per heavy atom. The summed E-state index contributed by atoms with van der Waals surface area (Å²) in [5, 5.41) is 2.83. The molecule has 0 aromatic heterocycles. The summed E-state index contributed by atoms with van der Waals surface area (Å²) in [5.74, 6) is 0.0216. The van der Waals surface area contributed by atoms with E-state index in [1.165, 1.54) is 6.07 Å². The van der Waals surface area contributed by atoms with Crippen molar-refractivity contribution >= 4 is 5.91 Å². The fourth-order valence-electron chi connectivity index (χ4n) is 2.05. The molecule has 0 bridgehead atoms. The van der Waals surface area contributed by atoms with Crippen LogP contribution >= 0.6 is 0 Å². The smallest absolute Gasteiger partial charge is 0.224 e. The molecular formula is C15H23FN2O. The molecule has 1 unspecified atom stereocenters. The molecule has 1 rings (SSSR count). The molecule has 1 aromatic rings. The molecule has 0 spiro atoms. The van der Waals surface area contributed by atoms with Gasteiger partial charge in [-0.15, -0.1) is 0 Å². The molecule has 3 N–H and O–H groups in total. The fourth-order valence-corrected chi connectivity index (χ4v) is 2.05. The highest BCUT2D eigenvalue weighted by Gasteiger charge is 2.17. The topological polar surface area (TPSA) is 55.1 Å². The summed E-state index contributed by atoms with van der Waals surface area (Å²) < 4.78 is 13.4. The van der Waals surface area contributed by atoms with Gasteiger partial charge in [-0.3, -0.25) is 4.79 Å². The van der Waals surface area contributed by atoms with Crippen LogP contribution in [0, 0.1) is 17.7 Å². The van der Waals surface area contributed by atoms with Crippen molar-refractivity contribution in [1.82, 2.24) is 5.32 Å². The van der Waals surface area contributed by atoms with Gasteiger partial charge < -0.3 is 11.1 Å². The van der Waals surface area contributed by atoms with Crippen LogP contribution < -0.4 is 11.1 Å². The van der Waals surface area contributed by atoms with Crippen LogP contribution in [0.5, 0.6) is 0 Å². The molecule has 106 valence electrons. The van der Waals surface area contributed by atoms with Crippen molar-refractivity contribution in [3.05, 3.63) is 35.6 Å². The maximum Gasteiger partial charge on any atom is 0.224 e. The van der Waals surface area contributed by atoms with Gasteiger partial charge in [-0.05, 0) is 30.4 Å². The quantitative estimate of drug-likeness (QED) is 0.794. The van der Waals surface area contributed by atoms with E-state index in [1.54, 1.807) is 18.2 Å². The Balaban J connectivity index is 2.40. The number of nitrogens with one attached hydrogen (secondary N) is 1. The van der Waals surface area contributed by atoms with Gasteiger partial charge in [-0.25, -0.2) is 4.39 Å². The highest BCUT2D eigenvalue weighted by atomic mass is 19.1. The number of halogens is 1. The number of carbonyl (C=O) groups is 1. The van der Waals surface area contributed by atoms with Gasteiger partial charge in [-0.2, -0.15) is 0 Å². The first-order valence-corrected chi connectivity index (χ1v) is 6.75. The van der Waals surface area contributed by atoms with Crippen molar-refractivity contribution in [2.24, 2.45) is 17.6 Å². The van der Waals surface area contributed by atoms with E-state index in [-0.39, 0.29) is 17.6 Å². The van der Waals surface area contributed by atoms with E-state index >= 15 is 0 Å². The first-order chi connectivity index (χ1) is 9.04. The minimum Gasteiger partial charge on any atom is -0.355 e. The lowest BCUT2D eigenvalue weighted by atomic mass is 9.96. The molecule has 4 heteroatoms. The van der Waals surface area contributed by atoms with E-state index in [2.05, 4.69) is 19.2 Å². The van der Waals surface area contributed by atoms with Gasteiger partial charge in [0.15, 0.2) is 0 Å². The van der Waals surface area contributed by atoms with Crippen molar-refractivity contribution in [2.45, 2.75) is 26.7 Å². The van der Waals surface area contributed by atoms with E-state index in [1.807, 2.05) is 0 Å². The lowest BCUT2D eigenvalue weighted by molar-refractivity contribution is -0.125. The average Bonchev–Trinajstić information content (AvgIpc) is 2.37. The molecular weight excluding hydrogens is 243 g/mol. The number of nitrogens with two attached hydrogens (primary N) is 1. The lowest BCUT2D eigenvalue weighted by Crippen LogP contribution is -2.36. The summed E-state index contributed by atoms with van der Waals surface area (Å²) in [4.78, 5) is 11.9. The summed E-state index contributed by atoms with van der Waals surface area (Å²) >= 11 is 0. The predicted molar refractivity (Wildman–Crippen MR) is 75.1 cm³/mol. The Hall–Kier alpha value is -1.42. The highest BCUT2D eigenvalue weighted by molar-refractivity contribution is 5.78. The number of hydrogen-bond acceptors (Lipinski definition) is 2. The normalized spacial score (nSPS) is 12.5. The Labute approximate surface area is 114 Å². The second-order valence-electron chi connectivity index (χ2n) is 5.19. The maximum absolute atomic E-state index is 13.4. The minimum atomic E-state index is -0.227. The second kappa shape index (κ2) is 7.89. The maximum atomic E-state index is 13.4. The third kappa shape index (κ3) is 5.39. The van der Waals surface area contributed by atoms with Gasteiger partial charge in [0, 0.05) is 13.1 Å². The van der Waals surface area contributed by atoms with Crippen LogP contribution in [-0.2, 0) is 11.2 Å². The summed E-state index contributed by atoms with van der Waals surface area (Å²) in [7, 11) is 0. The molecule has 1 atom stereocenters. The van der Waals surface area contributed by atoms with Crippen molar-refractivity contribution in [3.8, 4) is 0 Å². The number of amides is 1. The van der Waals surface area contributed by atoms with Gasteiger partial charge in [0.05, 0.1) is 5.92 Å². The minimum absolute atomic E-state index is 0.0347. The van der Waals surface area contributed by atoms with E-state index < -0.39 is 0 Å². The summed E-state index contributed by atoms with van der Waals surface area (Å²) in [6.07, 6.45) is 1.28. The fraction of sp³-hybridized carbons (Fsp3) is 0.533. The van der Waals surface area contributed by atoms with Crippen molar-refractivity contribution in [2.75, 3.05) is 13.1 Å². The zero-order valence-electron chi connectivity index (χ0n) is 11.7. The van der Waals surface area contributed by atoms with Crippen molar-refractivity contribution in [1.29, 1.82) is 0 Å². The first-order valence-electron chi connectivity index (χ1n) is 6.75. The largest absolute Gasteiger partial charge is 0.355 e. The van der Waals surface area contributed by atoms with Crippen molar-refractivity contribution < 1.29 is 9.18 Å². The summed E-state index contributed by atoms with van der Waals surface area (Å²) in [5.41, 5.74) is 6.23. The predicted octanol–water partition coefficient (Wildman–Crippen LogP) is 2.11. The molecule has 0 aliphatic carbocycles. The Morgan fingerprint density at radius 2 is 2.05 bits per heavy atom. The van der Waals surface area contributed by atoms with Crippen molar-refractivity contribution in [3.63, 3.8) is 0 Å². The first kappa shape index (κ1) is 15.6. The molecule has 0 radical (unpaired) electrons. The Kier molecular flexibility index (Phi) is 6.50. The van der Waals surface area contributed by atoms with Crippen LogP contribution in [0.15, 0.2) is 24.3 Å². The van der Waals surface area contributed by atoms with Crippen LogP contribution in [0.1, 0.15) is 25.8 Å². The van der Waals surface area contributed by atoms with Crippen LogP contribution in [0.2, 0.25) is 0 Å². The van der Waals surface area contributed by atoms with Gasteiger partial charge >= 0.3 is 0 Å². The number of benzene rings is 1. The summed E-state index contributed by atoms with van der Waals surface area (Å²) in [6.45, 7) is 4.92. The molecule has 1 amide bonds. The number of hydrogen-bond donors (Lipinski definition) is 2. The third-order valence-electron chi connectivity index (χ3n) is 3.06. The van der Waals surface area contributed by atoms with Gasteiger partial charge in [-0.1, -0.05) is 32.0 Å². The molecule has 0 aliphatic heterocycles. The van der Waals surface area contributed by atoms with E-state index in [0.717, 1.165) is 6.42 Å². The van der Waals surface area contributed by atoms with Crippen LogP contribution in [-0.4, -0.2) is 19.0 Å². The van der Waals surface area contributed by atoms with Crippen LogP contribution in [0.25, 0.3) is 0 Å². The van der Waals surface area contributed by atoms with E-state index in [0.29, 0.717) is 31.0 Å². The zero-order valence-corrected chi connectivity index (χ0v) is 11.7. The second-order valence-corrected chi connectivity index (χ2v) is 5.19. The molecule has 0 fully saturated rings. The molecule has 0 saturated heterocycles. The lowest BCUT2D eigenvalue weighted by Gasteiger charge is -2.16. The summed E-state index contributed by atoms with van der Waals surface area (Å²) in [6, 6.07) is 6.61. The van der Waals surface area contributed by atoms with Gasteiger partial charge in [0.2, 0.25) is 5.91 Å². The molecule has 3 nitrogen and oxygen atoms in total. The van der Waals surface area contributed by atoms with Gasteiger partial charge in [0.1, 0.15) is 5.82 Å². The van der Waals surface area contributed by atoms with Crippen LogP contribution in [0.3, 0.4) is 0 Å². The third-order valence-corrected chi connectivity index (χ3v) is 3.06. The molecule has 0 aliphatic rings. The molecule has 0 saturated carbocycles. The van der Waals surface area contributed by atoms with Gasteiger partial charge in [0.25, 0.3) is 0 Å². The standard InChI is InChI=1S/C15H23FN2O/c1-11(2)9-13(10-17)15(19)18-8-7-12-5-3-4-6-14(12)16/h3-6,11,13H,7-10,17H2,1-2H3,(H,18,19). The Morgan fingerprint density at radius 1 is 1.37 bits per heavy atom. The zero-order chi connectivity index (χ0) is 14.3. The van der Waals surface area contributed by atoms with Crippen LogP contribution in [0.4, 0.5) is 4.39 Å². The highest BCUT2D eigenvalue weighted by Crippen LogP contribution is 2.11. The van der Waals surface area contributed by atoms with E-state index in [4.69, 9.17) is 5.73 Å². The molecule has 0 heterocycles. The molecule has 1 aromatic carbocycles. The van der Waals surface area contributed by atoms with E-state index in [9.17, 15) is 9.18 Å².